The molecule has 3 amide bonds. The molecule has 0 aromatic heterocycles. The summed E-state index contributed by atoms with van der Waals surface area (Å²) in [4.78, 5) is 33.1. The summed E-state index contributed by atoms with van der Waals surface area (Å²) in [5.74, 6) is -1.90. The highest BCUT2D eigenvalue weighted by Crippen LogP contribution is 2.16. The molecule has 0 spiro atoms. The minimum absolute atomic E-state index is 0.286. The summed E-state index contributed by atoms with van der Waals surface area (Å²) in [6, 6.07) is 6.41. The van der Waals surface area contributed by atoms with Gasteiger partial charge in [0.15, 0.2) is 0 Å². The van der Waals surface area contributed by atoms with Crippen molar-refractivity contribution in [2.75, 3.05) is 13.2 Å². The van der Waals surface area contributed by atoms with Gasteiger partial charge in [-0.2, -0.15) is 0 Å². The fourth-order valence-electron chi connectivity index (χ4n) is 1.46. The quantitative estimate of drug-likeness (QED) is 0.713. The Morgan fingerprint density at radius 2 is 1.86 bits per heavy atom. The number of benzene rings is 1. The highest BCUT2D eigenvalue weighted by molar-refractivity contribution is 9.10. The van der Waals surface area contributed by atoms with E-state index < -0.39 is 31.1 Å². The van der Waals surface area contributed by atoms with Gasteiger partial charge in [-0.1, -0.05) is 28.1 Å². The van der Waals surface area contributed by atoms with E-state index in [1.165, 1.54) is 0 Å². The zero-order chi connectivity index (χ0) is 15.8. The Morgan fingerprint density at radius 1 is 1.24 bits per heavy atom. The lowest BCUT2D eigenvalue weighted by Crippen LogP contribution is -2.42. The van der Waals surface area contributed by atoms with Gasteiger partial charge in [0, 0.05) is 4.47 Å². The molecule has 0 saturated carbocycles. The molecule has 0 aliphatic rings. The first-order valence-electron chi connectivity index (χ1n) is 6.04. The maximum Gasteiger partial charge on any atom is 0.329 e. The van der Waals surface area contributed by atoms with Gasteiger partial charge in [-0.3, -0.25) is 10.1 Å². The van der Waals surface area contributed by atoms with Crippen LogP contribution in [0.25, 0.3) is 0 Å². The van der Waals surface area contributed by atoms with Crippen LogP contribution in [0.5, 0.6) is 0 Å². The van der Waals surface area contributed by atoms with E-state index in [2.05, 4.69) is 26.0 Å². The first-order chi connectivity index (χ1) is 9.88. The average molecular weight is 359 g/mol. The lowest BCUT2D eigenvalue weighted by atomic mass is 10.1. The molecule has 0 heterocycles. The first kappa shape index (κ1) is 17.1. The minimum Gasteiger partial charge on any atom is -0.480 e. The predicted octanol–water partition coefficient (Wildman–Crippen LogP) is 1.44. The maximum absolute atomic E-state index is 11.6. The van der Waals surface area contributed by atoms with Gasteiger partial charge in [0.05, 0.1) is 6.04 Å². The number of nitrogens with one attached hydrogen (secondary N) is 2. The summed E-state index contributed by atoms with van der Waals surface area (Å²) >= 11 is 3.31. The Labute approximate surface area is 129 Å². The SMILES string of the molecule is CC(NC(=O)NC(=O)COCC(=O)O)c1ccc(Br)cc1. The molecule has 0 saturated heterocycles. The maximum atomic E-state index is 11.6. The van der Waals surface area contributed by atoms with Crippen molar-refractivity contribution in [3.05, 3.63) is 34.3 Å². The zero-order valence-electron chi connectivity index (χ0n) is 11.3. The van der Waals surface area contributed by atoms with Gasteiger partial charge in [0.25, 0.3) is 5.91 Å². The molecular formula is C13H15BrN2O5. The smallest absolute Gasteiger partial charge is 0.329 e. The predicted molar refractivity (Wildman–Crippen MR) is 77.7 cm³/mol. The summed E-state index contributed by atoms with van der Waals surface area (Å²) < 4.78 is 5.49. The molecule has 0 aliphatic heterocycles. The topological polar surface area (TPSA) is 105 Å². The van der Waals surface area contributed by atoms with Crippen LogP contribution in [0.1, 0.15) is 18.5 Å². The minimum atomic E-state index is -1.18. The van der Waals surface area contributed by atoms with Crippen LogP contribution < -0.4 is 10.6 Å². The summed E-state index contributed by atoms with van der Waals surface area (Å²) in [6.07, 6.45) is 0. The number of urea groups is 1. The number of amides is 3. The molecule has 1 unspecified atom stereocenters. The van der Waals surface area contributed by atoms with E-state index in [1.807, 2.05) is 29.6 Å². The second-order valence-corrected chi connectivity index (χ2v) is 5.10. The van der Waals surface area contributed by atoms with Crippen molar-refractivity contribution in [2.45, 2.75) is 13.0 Å². The van der Waals surface area contributed by atoms with E-state index in [-0.39, 0.29) is 6.04 Å². The Balaban J connectivity index is 2.37. The lowest BCUT2D eigenvalue weighted by Gasteiger charge is -2.14. The number of hydrogen-bond acceptors (Lipinski definition) is 4. The number of hydrogen-bond donors (Lipinski definition) is 3. The summed E-state index contributed by atoms with van der Waals surface area (Å²) in [7, 11) is 0. The van der Waals surface area contributed by atoms with Gasteiger partial charge in [-0.25, -0.2) is 9.59 Å². The fourth-order valence-corrected chi connectivity index (χ4v) is 1.73. The van der Waals surface area contributed by atoms with E-state index in [9.17, 15) is 14.4 Å². The van der Waals surface area contributed by atoms with Crippen molar-refractivity contribution in [1.82, 2.24) is 10.6 Å². The standard InChI is InChI=1S/C13H15BrN2O5/c1-8(9-2-4-10(14)5-3-9)15-13(20)16-11(17)6-21-7-12(18)19/h2-5,8H,6-7H2,1H3,(H,18,19)(H2,15,16,17,20). The first-order valence-corrected chi connectivity index (χ1v) is 6.83. The molecule has 0 bridgehead atoms. The summed E-state index contributed by atoms with van der Waals surface area (Å²) in [5, 5.41) is 13.0. The van der Waals surface area contributed by atoms with Crippen LogP contribution in [0.2, 0.25) is 0 Å². The van der Waals surface area contributed by atoms with Crippen LogP contribution in [0, 0.1) is 0 Å². The molecule has 1 atom stereocenters. The second kappa shape index (κ2) is 8.38. The number of carboxylic acid groups (broad SMARTS) is 1. The van der Waals surface area contributed by atoms with Crippen molar-refractivity contribution in [3.8, 4) is 0 Å². The molecule has 1 aromatic carbocycles. The van der Waals surface area contributed by atoms with Gasteiger partial charge < -0.3 is 15.2 Å². The Morgan fingerprint density at radius 3 is 2.43 bits per heavy atom. The molecule has 1 aromatic rings. The van der Waals surface area contributed by atoms with Gasteiger partial charge in [0.2, 0.25) is 0 Å². The van der Waals surface area contributed by atoms with Gasteiger partial charge in [-0.15, -0.1) is 0 Å². The Kier molecular flexibility index (Phi) is 6.83. The van der Waals surface area contributed by atoms with Crippen molar-refractivity contribution >= 4 is 33.8 Å². The number of aliphatic carboxylic acids is 1. The Bertz CT molecular complexity index is 518. The Hall–Kier alpha value is -1.93. The van der Waals surface area contributed by atoms with E-state index >= 15 is 0 Å². The molecule has 114 valence electrons. The average Bonchev–Trinajstić information content (AvgIpc) is 2.38. The molecule has 0 fully saturated rings. The fraction of sp³-hybridized carbons (Fsp3) is 0.308. The third kappa shape index (κ3) is 6.87. The number of carbonyl (C=O) groups excluding carboxylic acids is 2. The number of ether oxygens (including phenoxy) is 1. The molecule has 7 nitrogen and oxygen atoms in total. The molecule has 8 heteroatoms. The van der Waals surface area contributed by atoms with Crippen molar-refractivity contribution in [2.24, 2.45) is 0 Å². The normalized spacial score (nSPS) is 11.5. The van der Waals surface area contributed by atoms with Crippen LogP contribution in [-0.4, -0.2) is 36.2 Å². The number of carbonyl (C=O) groups is 3. The van der Waals surface area contributed by atoms with E-state index in [4.69, 9.17) is 5.11 Å². The number of imide groups is 1. The molecule has 3 N–H and O–H groups in total. The van der Waals surface area contributed by atoms with Crippen LogP contribution in [0.4, 0.5) is 4.79 Å². The van der Waals surface area contributed by atoms with Crippen LogP contribution in [0.3, 0.4) is 0 Å². The van der Waals surface area contributed by atoms with Crippen molar-refractivity contribution < 1.29 is 24.2 Å². The highest BCUT2D eigenvalue weighted by Gasteiger charge is 2.12. The molecular weight excluding hydrogens is 344 g/mol. The number of carboxylic acids is 1. The summed E-state index contributed by atoms with van der Waals surface area (Å²) in [5.41, 5.74) is 0.878. The van der Waals surface area contributed by atoms with Crippen molar-refractivity contribution in [1.29, 1.82) is 0 Å². The molecule has 21 heavy (non-hydrogen) atoms. The molecule has 0 radical (unpaired) electrons. The monoisotopic (exact) mass is 358 g/mol. The molecule has 0 aliphatic carbocycles. The van der Waals surface area contributed by atoms with E-state index in [1.54, 1.807) is 6.92 Å². The van der Waals surface area contributed by atoms with Crippen molar-refractivity contribution in [3.63, 3.8) is 0 Å². The third-order valence-corrected chi connectivity index (χ3v) is 2.96. The van der Waals surface area contributed by atoms with Crippen LogP contribution in [-0.2, 0) is 14.3 Å². The third-order valence-electron chi connectivity index (χ3n) is 2.43. The van der Waals surface area contributed by atoms with E-state index in [0.717, 1.165) is 10.0 Å². The largest absolute Gasteiger partial charge is 0.480 e. The van der Waals surface area contributed by atoms with Crippen LogP contribution in [0.15, 0.2) is 28.7 Å². The highest BCUT2D eigenvalue weighted by atomic mass is 79.9. The van der Waals surface area contributed by atoms with E-state index in [0.29, 0.717) is 0 Å². The second-order valence-electron chi connectivity index (χ2n) is 4.18. The van der Waals surface area contributed by atoms with Gasteiger partial charge in [-0.05, 0) is 24.6 Å². The number of halogens is 1. The lowest BCUT2D eigenvalue weighted by molar-refractivity contribution is -0.143. The number of rotatable bonds is 6. The van der Waals surface area contributed by atoms with Crippen LogP contribution >= 0.6 is 15.9 Å². The van der Waals surface area contributed by atoms with Gasteiger partial charge >= 0.3 is 12.0 Å². The van der Waals surface area contributed by atoms with Gasteiger partial charge in [0.1, 0.15) is 13.2 Å². The summed E-state index contributed by atoms with van der Waals surface area (Å²) in [6.45, 7) is 0.685. The zero-order valence-corrected chi connectivity index (χ0v) is 12.8. The molecule has 1 rings (SSSR count).